The van der Waals surface area contributed by atoms with E-state index in [-0.39, 0.29) is 0 Å². The Morgan fingerprint density at radius 1 is 1.56 bits per heavy atom. The van der Waals surface area contributed by atoms with E-state index in [1.807, 2.05) is 20.2 Å². The summed E-state index contributed by atoms with van der Waals surface area (Å²) < 4.78 is 1.69. The van der Waals surface area contributed by atoms with E-state index in [0.29, 0.717) is 17.5 Å². The SMILES string of the molecule is CSc1nc(N2CC(Cl)=C(C)C2O)nn1C. The predicted octanol–water partition coefficient (Wildman–Crippen LogP) is 1.19. The molecule has 1 atom stereocenters. The van der Waals surface area contributed by atoms with Gasteiger partial charge in [0.1, 0.15) is 0 Å². The minimum atomic E-state index is -0.718. The Morgan fingerprint density at radius 2 is 2.25 bits per heavy atom. The fourth-order valence-corrected chi connectivity index (χ4v) is 2.28. The molecule has 1 unspecified atom stereocenters. The van der Waals surface area contributed by atoms with Crippen molar-refractivity contribution in [1.82, 2.24) is 14.8 Å². The van der Waals surface area contributed by atoms with Crippen LogP contribution >= 0.6 is 23.4 Å². The van der Waals surface area contributed by atoms with Gasteiger partial charge in [0.15, 0.2) is 11.4 Å². The second kappa shape index (κ2) is 4.27. The standard InChI is InChI=1S/C9H13ClN4OS/c1-5-6(10)4-14(7(5)15)8-11-9(16-3)13(2)12-8/h7,15H,4H2,1-3H3. The molecule has 0 amide bonds. The Bertz CT molecular complexity index is 445. The van der Waals surface area contributed by atoms with Crippen LogP contribution in [0.2, 0.25) is 0 Å². The van der Waals surface area contributed by atoms with Crippen molar-refractivity contribution in [2.24, 2.45) is 7.05 Å². The number of anilines is 1. The lowest BCUT2D eigenvalue weighted by Gasteiger charge is -2.19. The van der Waals surface area contributed by atoms with Crippen LogP contribution in [0.5, 0.6) is 0 Å². The third kappa shape index (κ3) is 1.81. The number of aliphatic hydroxyl groups excluding tert-OH is 1. The Balaban J connectivity index is 2.27. The van der Waals surface area contributed by atoms with Crippen LogP contribution in [0.4, 0.5) is 5.95 Å². The van der Waals surface area contributed by atoms with Gasteiger partial charge >= 0.3 is 0 Å². The zero-order chi connectivity index (χ0) is 11.9. The maximum absolute atomic E-state index is 9.94. The number of thioether (sulfide) groups is 1. The van der Waals surface area contributed by atoms with E-state index in [1.54, 1.807) is 9.58 Å². The van der Waals surface area contributed by atoms with Gasteiger partial charge in [0, 0.05) is 12.1 Å². The predicted molar refractivity (Wildman–Crippen MR) is 64.7 cm³/mol. The number of hydrogen-bond acceptors (Lipinski definition) is 5. The molecule has 88 valence electrons. The summed E-state index contributed by atoms with van der Waals surface area (Å²) in [5.41, 5.74) is 0.764. The quantitative estimate of drug-likeness (QED) is 0.810. The summed E-state index contributed by atoms with van der Waals surface area (Å²) in [5.74, 6) is 0.509. The molecule has 0 fully saturated rings. The first-order chi connectivity index (χ1) is 7.54. The van der Waals surface area contributed by atoms with Crippen molar-refractivity contribution >= 4 is 29.3 Å². The molecule has 1 aliphatic heterocycles. The first kappa shape index (κ1) is 11.8. The van der Waals surface area contributed by atoms with Crippen LogP contribution in [0.25, 0.3) is 0 Å². The van der Waals surface area contributed by atoms with Gasteiger partial charge in [-0.2, -0.15) is 4.98 Å². The van der Waals surface area contributed by atoms with Gasteiger partial charge in [-0.05, 0) is 18.8 Å². The molecule has 7 heteroatoms. The maximum atomic E-state index is 9.94. The summed E-state index contributed by atoms with van der Waals surface area (Å²) in [4.78, 5) is 6.00. The zero-order valence-electron chi connectivity index (χ0n) is 9.31. The van der Waals surface area contributed by atoms with Crippen LogP contribution in [-0.2, 0) is 7.05 Å². The van der Waals surface area contributed by atoms with Crippen LogP contribution in [0.1, 0.15) is 6.92 Å². The van der Waals surface area contributed by atoms with E-state index in [9.17, 15) is 5.11 Å². The fourth-order valence-electron chi connectivity index (χ4n) is 1.57. The molecule has 1 aromatic rings. The molecule has 5 nitrogen and oxygen atoms in total. The Morgan fingerprint density at radius 3 is 2.69 bits per heavy atom. The largest absolute Gasteiger partial charge is 0.369 e. The first-order valence-corrected chi connectivity index (χ1v) is 6.39. The van der Waals surface area contributed by atoms with Gasteiger partial charge in [0.05, 0.1) is 6.54 Å². The van der Waals surface area contributed by atoms with Gasteiger partial charge in [-0.15, -0.1) is 5.10 Å². The van der Waals surface area contributed by atoms with Crippen molar-refractivity contribution < 1.29 is 5.11 Å². The van der Waals surface area contributed by atoms with E-state index < -0.39 is 6.23 Å². The van der Waals surface area contributed by atoms with E-state index in [2.05, 4.69) is 10.1 Å². The van der Waals surface area contributed by atoms with Crippen LogP contribution in [0.3, 0.4) is 0 Å². The average Bonchev–Trinajstić information content (AvgIpc) is 2.74. The topological polar surface area (TPSA) is 54.2 Å². The van der Waals surface area contributed by atoms with Crippen molar-refractivity contribution in [3.05, 3.63) is 10.6 Å². The number of hydrogen-bond donors (Lipinski definition) is 1. The molecule has 0 spiro atoms. The molecule has 1 N–H and O–H groups in total. The highest BCUT2D eigenvalue weighted by Gasteiger charge is 2.30. The molecule has 0 radical (unpaired) electrons. The molecule has 0 saturated heterocycles. The molecule has 1 aliphatic rings. The van der Waals surface area contributed by atoms with Crippen molar-refractivity contribution in [1.29, 1.82) is 0 Å². The number of aryl methyl sites for hydroxylation is 1. The van der Waals surface area contributed by atoms with E-state index >= 15 is 0 Å². The lowest BCUT2D eigenvalue weighted by molar-refractivity contribution is 0.214. The molecular formula is C9H13ClN4OS. The van der Waals surface area contributed by atoms with Gasteiger partial charge in [-0.3, -0.25) is 0 Å². The van der Waals surface area contributed by atoms with Gasteiger partial charge < -0.3 is 10.0 Å². The minimum absolute atomic E-state index is 0.465. The van der Waals surface area contributed by atoms with Gasteiger partial charge in [0.2, 0.25) is 5.95 Å². The highest BCUT2D eigenvalue weighted by Crippen LogP contribution is 2.29. The Kier molecular flexibility index (Phi) is 3.14. The molecule has 1 aromatic heterocycles. The highest BCUT2D eigenvalue weighted by atomic mass is 35.5. The van der Waals surface area contributed by atoms with Crippen LogP contribution < -0.4 is 4.90 Å². The van der Waals surface area contributed by atoms with Crippen molar-refractivity contribution in [3.63, 3.8) is 0 Å². The second-order valence-electron chi connectivity index (χ2n) is 3.61. The Hall–Kier alpha value is -0.720. The summed E-state index contributed by atoms with van der Waals surface area (Å²) in [7, 11) is 1.83. The van der Waals surface area contributed by atoms with Crippen molar-refractivity contribution in [2.45, 2.75) is 18.3 Å². The zero-order valence-corrected chi connectivity index (χ0v) is 10.9. The second-order valence-corrected chi connectivity index (χ2v) is 4.84. The van der Waals surface area contributed by atoms with Gasteiger partial charge in [0.25, 0.3) is 0 Å². The lowest BCUT2D eigenvalue weighted by Crippen LogP contribution is -2.32. The van der Waals surface area contributed by atoms with E-state index in [4.69, 9.17) is 11.6 Å². The molecule has 0 aliphatic carbocycles. The molecule has 16 heavy (non-hydrogen) atoms. The van der Waals surface area contributed by atoms with Crippen molar-refractivity contribution in [3.8, 4) is 0 Å². The Labute approximate surface area is 103 Å². The monoisotopic (exact) mass is 260 g/mol. The van der Waals surface area contributed by atoms with Gasteiger partial charge in [-0.25, -0.2) is 4.68 Å². The number of nitrogens with zero attached hydrogens (tertiary/aromatic N) is 4. The lowest BCUT2D eigenvalue weighted by atomic mass is 10.3. The fraction of sp³-hybridized carbons (Fsp3) is 0.556. The third-order valence-electron chi connectivity index (χ3n) is 2.57. The third-order valence-corrected chi connectivity index (χ3v) is 3.71. The average molecular weight is 261 g/mol. The summed E-state index contributed by atoms with van der Waals surface area (Å²) in [6.45, 7) is 2.28. The first-order valence-electron chi connectivity index (χ1n) is 4.79. The van der Waals surface area contributed by atoms with Crippen LogP contribution in [-0.4, -0.2) is 38.9 Å². The number of halogens is 1. The van der Waals surface area contributed by atoms with Crippen LogP contribution in [0, 0.1) is 0 Å². The minimum Gasteiger partial charge on any atom is -0.369 e. The molecule has 2 rings (SSSR count). The summed E-state index contributed by atoms with van der Waals surface area (Å²) in [6.07, 6.45) is 1.22. The summed E-state index contributed by atoms with van der Waals surface area (Å²) >= 11 is 7.51. The smallest absolute Gasteiger partial charge is 0.248 e. The molecular weight excluding hydrogens is 248 g/mol. The number of aliphatic hydroxyl groups is 1. The molecule has 0 bridgehead atoms. The van der Waals surface area contributed by atoms with Gasteiger partial charge in [-0.1, -0.05) is 23.4 Å². The maximum Gasteiger partial charge on any atom is 0.248 e. The van der Waals surface area contributed by atoms with Crippen LogP contribution in [0.15, 0.2) is 15.8 Å². The van der Waals surface area contributed by atoms with Crippen molar-refractivity contribution in [2.75, 3.05) is 17.7 Å². The van der Waals surface area contributed by atoms with E-state index in [0.717, 1.165) is 10.7 Å². The normalized spacial score (nSPS) is 21.1. The molecule has 2 heterocycles. The van der Waals surface area contributed by atoms with E-state index in [1.165, 1.54) is 11.8 Å². The number of rotatable bonds is 2. The number of aromatic nitrogens is 3. The summed E-state index contributed by atoms with van der Waals surface area (Å²) in [6, 6.07) is 0. The summed E-state index contributed by atoms with van der Waals surface area (Å²) in [5, 5.41) is 15.7. The molecule has 0 aromatic carbocycles. The molecule has 0 saturated carbocycles. The highest BCUT2D eigenvalue weighted by molar-refractivity contribution is 7.98.